The molecule has 1 aromatic carbocycles. The first-order valence-corrected chi connectivity index (χ1v) is 11.2. The van der Waals surface area contributed by atoms with Gasteiger partial charge in [0.05, 0.1) is 18.9 Å². The number of ether oxygens (including phenoxy) is 2. The van der Waals surface area contributed by atoms with Gasteiger partial charge in [-0.2, -0.15) is 5.26 Å². The number of methoxy groups -OCH3 is 1. The second-order valence-electron chi connectivity index (χ2n) is 9.25. The van der Waals surface area contributed by atoms with Crippen LogP contribution in [0.3, 0.4) is 0 Å². The normalized spacial score (nSPS) is 19.3. The van der Waals surface area contributed by atoms with Gasteiger partial charge in [0.1, 0.15) is 29.8 Å². The second kappa shape index (κ2) is 8.10. The van der Waals surface area contributed by atoms with Gasteiger partial charge in [0, 0.05) is 36.7 Å². The summed E-state index contributed by atoms with van der Waals surface area (Å²) in [6.07, 6.45) is 5.00. The summed E-state index contributed by atoms with van der Waals surface area (Å²) in [5.41, 5.74) is 5.17. The van der Waals surface area contributed by atoms with Gasteiger partial charge in [0.25, 0.3) is 0 Å². The Morgan fingerprint density at radius 2 is 2.06 bits per heavy atom. The Kier molecular flexibility index (Phi) is 5.26. The largest absolute Gasteiger partial charge is 0.495 e. The molecule has 0 unspecified atom stereocenters. The van der Waals surface area contributed by atoms with Crippen molar-refractivity contribution in [3.05, 3.63) is 52.2 Å². The van der Waals surface area contributed by atoms with Crippen molar-refractivity contribution in [2.75, 3.05) is 44.7 Å². The van der Waals surface area contributed by atoms with Crippen LogP contribution >= 0.6 is 0 Å². The molecule has 3 aliphatic rings. The number of piperidine rings is 1. The van der Waals surface area contributed by atoms with E-state index in [4.69, 9.17) is 14.7 Å². The molecule has 7 nitrogen and oxygen atoms in total. The summed E-state index contributed by atoms with van der Waals surface area (Å²) in [4.78, 5) is 21.1. The van der Waals surface area contributed by atoms with Crippen molar-refractivity contribution in [2.45, 2.75) is 32.8 Å². The summed E-state index contributed by atoms with van der Waals surface area (Å²) >= 11 is 0. The van der Waals surface area contributed by atoms with Crippen molar-refractivity contribution >= 4 is 11.8 Å². The molecular weight excluding hydrogens is 404 g/mol. The summed E-state index contributed by atoms with van der Waals surface area (Å²) in [7, 11) is 1.59. The van der Waals surface area contributed by atoms with E-state index in [1.54, 1.807) is 13.3 Å². The predicted octanol–water partition coefficient (Wildman–Crippen LogP) is 3.09. The number of rotatable bonds is 5. The fraction of sp³-hybridized carbons (Fsp3) is 0.480. The highest BCUT2D eigenvalue weighted by Gasteiger charge is 2.45. The molecule has 32 heavy (non-hydrogen) atoms. The number of carbonyl (C=O) groups is 1. The highest BCUT2D eigenvalue weighted by atomic mass is 16.5. The maximum Gasteiger partial charge on any atom is 0.338 e. The van der Waals surface area contributed by atoms with Gasteiger partial charge in [0.2, 0.25) is 0 Å². The van der Waals surface area contributed by atoms with Crippen LogP contribution in [0.4, 0.5) is 5.82 Å². The lowest BCUT2D eigenvalue weighted by Gasteiger charge is -2.54. The highest BCUT2D eigenvalue weighted by Crippen LogP contribution is 2.42. The van der Waals surface area contributed by atoms with Crippen LogP contribution in [0.25, 0.3) is 0 Å². The number of carbonyl (C=O) groups excluding carboxylic acids is 1. The Balaban J connectivity index is 1.14. The Labute approximate surface area is 188 Å². The van der Waals surface area contributed by atoms with E-state index in [1.165, 1.54) is 24.0 Å². The summed E-state index contributed by atoms with van der Waals surface area (Å²) in [5.74, 6) is 1.29. The number of anilines is 1. The van der Waals surface area contributed by atoms with Crippen LogP contribution in [0.1, 0.15) is 45.5 Å². The molecule has 3 aliphatic heterocycles. The van der Waals surface area contributed by atoms with Crippen LogP contribution < -0.4 is 9.64 Å². The average molecular weight is 433 g/mol. The third-order valence-corrected chi connectivity index (χ3v) is 7.46. The lowest BCUT2D eigenvalue weighted by molar-refractivity contribution is 0.0535. The van der Waals surface area contributed by atoms with Crippen LogP contribution in [0.15, 0.2) is 24.4 Å². The molecule has 0 bridgehead atoms. The second-order valence-corrected chi connectivity index (χ2v) is 9.25. The van der Waals surface area contributed by atoms with Gasteiger partial charge in [-0.25, -0.2) is 9.78 Å². The van der Waals surface area contributed by atoms with Crippen molar-refractivity contribution in [3.8, 4) is 11.8 Å². The quantitative estimate of drug-likeness (QED) is 0.672. The Morgan fingerprint density at radius 3 is 2.78 bits per heavy atom. The number of hydrogen-bond acceptors (Lipinski definition) is 7. The number of aromatic nitrogens is 1. The van der Waals surface area contributed by atoms with Gasteiger partial charge in [-0.1, -0.05) is 6.07 Å². The monoisotopic (exact) mass is 432 g/mol. The van der Waals surface area contributed by atoms with Crippen molar-refractivity contribution in [3.63, 3.8) is 0 Å². The Morgan fingerprint density at radius 1 is 1.28 bits per heavy atom. The van der Waals surface area contributed by atoms with Gasteiger partial charge in [0.15, 0.2) is 0 Å². The molecule has 7 heteroatoms. The number of benzene rings is 1. The molecule has 0 N–H and O–H groups in total. The van der Waals surface area contributed by atoms with Crippen LogP contribution in [0.5, 0.6) is 5.75 Å². The van der Waals surface area contributed by atoms with E-state index in [1.807, 2.05) is 12.1 Å². The zero-order valence-electron chi connectivity index (χ0n) is 18.7. The standard InChI is InChI=1S/C25H28N4O3/c1-17-18(3-4-20-21(17)14-32-24(20)30)5-8-28-9-6-25(7-10-28)15-29(16-25)23-11-22(31-2)19(12-26)13-27-23/h3-4,11,13H,5-10,14-16H2,1-2H3. The van der Waals surface area contributed by atoms with Crippen molar-refractivity contribution in [1.29, 1.82) is 5.26 Å². The Hall–Kier alpha value is -3.11. The fourth-order valence-electron chi connectivity index (χ4n) is 5.29. The number of likely N-dealkylation sites (tertiary alicyclic amines) is 1. The van der Waals surface area contributed by atoms with Gasteiger partial charge in [-0.3, -0.25) is 0 Å². The van der Waals surface area contributed by atoms with Crippen LogP contribution in [0, 0.1) is 23.7 Å². The molecule has 0 aliphatic carbocycles. The van der Waals surface area contributed by atoms with E-state index in [0.29, 0.717) is 23.3 Å². The number of hydrogen-bond donors (Lipinski definition) is 0. The summed E-state index contributed by atoms with van der Waals surface area (Å²) < 4.78 is 10.5. The molecule has 166 valence electrons. The maximum absolute atomic E-state index is 11.7. The lowest BCUT2D eigenvalue weighted by Crippen LogP contribution is -2.60. The van der Waals surface area contributed by atoms with E-state index in [0.717, 1.165) is 56.1 Å². The third kappa shape index (κ3) is 3.59. The minimum absolute atomic E-state index is 0.194. The molecule has 0 radical (unpaired) electrons. The van der Waals surface area contributed by atoms with E-state index >= 15 is 0 Å². The highest BCUT2D eigenvalue weighted by molar-refractivity contribution is 5.93. The zero-order valence-corrected chi connectivity index (χ0v) is 18.7. The molecule has 4 heterocycles. The third-order valence-electron chi connectivity index (χ3n) is 7.46. The van der Waals surface area contributed by atoms with E-state index < -0.39 is 0 Å². The summed E-state index contributed by atoms with van der Waals surface area (Å²) in [5, 5.41) is 9.15. The van der Waals surface area contributed by atoms with Gasteiger partial charge < -0.3 is 19.3 Å². The molecule has 5 rings (SSSR count). The van der Waals surface area contributed by atoms with E-state index in [-0.39, 0.29) is 5.97 Å². The molecule has 2 fully saturated rings. The van der Waals surface area contributed by atoms with Crippen molar-refractivity contribution in [2.24, 2.45) is 5.41 Å². The maximum atomic E-state index is 11.7. The van der Waals surface area contributed by atoms with E-state index in [2.05, 4.69) is 33.8 Å². The number of nitrogens with zero attached hydrogens (tertiary/aromatic N) is 4. The first-order chi connectivity index (χ1) is 15.5. The van der Waals surface area contributed by atoms with Gasteiger partial charge in [-0.15, -0.1) is 0 Å². The smallest absolute Gasteiger partial charge is 0.338 e. The lowest BCUT2D eigenvalue weighted by atomic mass is 9.72. The summed E-state index contributed by atoms with van der Waals surface area (Å²) in [6.45, 7) is 7.82. The summed E-state index contributed by atoms with van der Waals surface area (Å²) in [6, 6.07) is 8.01. The molecule has 2 saturated heterocycles. The molecule has 1 spiro atoms. The molecule has 0 saturated carbocycles. The minimum atomic E-state index is -0.194. The Bertz CT molecular complexity index is 1090. The SMILES string of the molecule is COc1cc(N2CC3(CCN(CCc4ccc5c(c4C)COC5=O)CC3)C2)ncc1C#N. The van der Waals surface area contributed by atoms with Gasteiger partial charge >= 0.3 is 5.97 Å². The first kappa shape index (κ1) is 20.8. The number of esters is 1. The molecule has 2 aromatic rings. The number of fused-ring (bicyclic) bond motifs is 1. The van der Waals surface area contributed by atoms with Crippen LogP contribution in [0.2, 0.25) is 0 Å². The fourth-order valence-corrected chi connectivity index (χ4v) is 5.29. The number of pyridine rings is 1. The van der Waals surface area contributed by atoms with Crippen molar-refractivity contribution in [1.82, 2.24) is 9.88 Å². The number of nitriles is 1. The molecular formula is C25H28N4O3. The molecule has 0 atom stereocenters. The van der Waals surface area contributed by atoms with Crippen molar-refractivity contribution < 1.29 is 14.3 Å². The zero-order chi connectivity index (χ0) is 22.3. The van der Waals surface area contributed by atoms with E-state index in [9.17, 15) is 4.79 Å². The van der Waals surface area contributed by atoms with Gasteiger partial charge in [-0.05, 0) is 56.5 Å². The topological polar surface area (TPSA) is 78.7 Å². The number of cyclic esters (lactones) is 1. The molecule has 0 amide bonds. The minimum Gasteiger partial charge on any atom is -0.495 e. The predicted molar refractivity (Wildman–Crippen MR) is 120 cm³/mol. The average Bonchev–Trinajstić information content (AvgIpc) is 3.18. The molecule has 1 aromatic heterocycles. The van der Waals surface area contributed by atoms with Crippen LogP contribution in [-0.2, 0) is 17.8 Å². The van der Waals surface area contributed by atoms with Crippen LogP contribution in [-0.4, -0.2) is 55.7 Å². The first-order valence-electron chi connectivity index (χ1n) is 11.2.